The van der Waals surface area contributed by atoms with Crippen LogP contribution in [0.25, 0.3) is 6.08 Å². The number of halogens is 3. The standard InChI is InChI=1S/C42H32BrCl2N3O4/c43-36-20-25(11-14-38(36)52-24-28-12-13-29(44)21-37(28)45)19-35-40(49)46-42(51)48(41(35)50)30-22-33-31(26-7-3-1-4-8-26)15-17-47-18-16-32(34(23-30)39(33)47)27-9-5-2-6-10-27/h1-14,19-23,31-32H,15-18,24H2,(H,46,49,51)/b35-19+/t31-,32+. The number of rotatable bonds is 7. The van der Waals surface area contributed by atoms with Crippen molar-refractivity contribution in [2.24, 2.45) is 0 Å². The summed E-state index contributed by atoms with van der Waals surface area (Å²) >= 11 is 15.9. The lowest BCUT2D eigenvalue weighted by atomic mass is 9.76. The van der Waals surface area contributed by atoms with Gasteiger partial charge in [0.25, 0.3) is 11.8 Å². The quantitative estimate of drug-likeness (QED) is 0.131. The van der Waals surface area contributed by atoms with E-state index in [-0.39, 0.29) is 24.0 Å². The van der Waals surface area contributed by atoms with Gasteiger partial charge in [0.1, 0.15) is 17.9 Å². The molecule has 52 heavy (non-hydrogen) atoms. The minimum atomic E-state index is -0.777. The number of hydrogen-bond donors (Lipinski definition) is 1. The molecule has 0 bridgehead atoms. The van der Waals surface area contributed by atoms with Crippen LogP contribution in [0.4, 0.5) is 16.2 Å². The van der Waals surface area contributed by atoms with Gasteiger partial charge in [-0.25, -0.2) is 9.69 Å². The number of imide groups is 2. The van der Waals surface area contributed by atoms with Gasteiger partial charge in [0, 0.05) is 46.2 Å². The number of carbonyl (C=O) groups excluding carboxylic acids is 3. The number of urea groups is 1. The summed E-state index contributed by atoms with van der Waals surface area (Å²) in [6, 6.07) is 34.3. The van der Waals surface area contributed by atoms with Crippen molar-refractivity contribution >= 4 is 74.4 Å². The van der Waals surface area contributed by atoms with E-state index >= 15 is 0 Å². The van der Waals surface area contributed by atoms with Crippen LogP contribution in [-0.2, 0) is 16.2 Å². The Kier molecular flexibility index (Phi) is 9.38. The molecule has 0 spiro atoms. The summed E-state index contributed by atoms with van der Waals surface area (Å²) in [4.78, 5) is 44.6. The molecule has 8 rings (SSSR count). The minimum Gasteiger partial charge on any atom is -0.488 e. The first-order valence-electron chi connectivity index (χ1n) is 17.1. The van der Waals surface area contributed by atoms with Crippen LogP contribution in [0.2, 0.25) is 10.0 Å². The fourth-order valence-electron chi connectivity index (χ4n) is 7.55. The van der Waals surface area contributed by atoms with Crippen molar-refractivity contribution < 1.29 is 19.1 Å². The third kappa shape index (κ3) is 6.51. The average Bonchev–Trinajstić information content (AvgIpc) is 3.14. The second kappa shape index (κ2) is 14.3. The zero-order valence-corrected chi connectivity index (χ0v) is 30.9. The lowest BCUT2D eigenvalue weighted by Crippen LogP contribution is -2.54. The molecule has 0 saturated carbocycles. The van der Waals surface area contributed by atoms with Crippen LogP contribution in [0.3, 0.4) is 0 Å². The number of barbiturate groups is 1. The van der Waals surface area contributed by atoms with Gasteiger partial charge in [-0.3, -0.25) is 14.9 Å². The van der Waals surface area contributed by atoms with Crippen molar-refractivity contribution in [1.82, 2.24) is 5.32 Å². The molecule has 3 aliphatic heterocycles. The second-order valence-electron chi connectivity index (χ2n) is 13.1. The predicted molar refractivity (Wildman–Crippen MR) is 208 cm³/mol. The number of carbonyl (C=O) groups is 3. The summed E-state index contributed by atoms with van der Waals surface area (Å²) in [5, 5.41) is 3.45. The van der Waals surface area contributed by atoms with E-state index < -0.39 is 17.8 Å². The number of amides is 4. The zero-order valence-electron chi connectivity index (χ0n) is 27.8. The molecule has 4 amide bonds. The molecule has 2 atom stereocenters. The first-order chi connectivity index (χ1) is 25.2. The van der Waals surface area contributed by atoms with Gasteiger partial charge in [-0.1, -0.05) is 96.0 Å². The van der Waals surface area contributed by atoms with Crippen molar-refractivity contribution in [3.8, 4) is 5.75 Å². The molecule has 5 aromatic carbocycles. The van der Waals surface area contributed by atoms with Gasteiger partial charge < -0.3 is 9.64 Å². The summed E-state index contributed by atoms with van der Waals surface area (Å²) in [7, 11) is 0. The molecular formula is C42H32BrCl2N3O4. The van der Waals surface area contributed by atoms with E-state index in [0.29, 0.717) is 31.5 Å². The molecule has 3 aliphatic rings. The molecule has 260 valence electrons. The van der Waals surface area contributed by atoms with Crippen molar-refractivity contribution in [2.45, 2.75) is 31.3 Å². The van der Waals surface area contributed by atoms with E-state index in [1.807, 2.05) is 48.5 Å². The molecule has 1 N–H and O–H groups in total. The highest BCUT2D eigenvalue weighted by atomic mass is 79.9. The van der Waals surface area contributed by atoms with Gasteiger partial charge in [0.05, 0.1) is 10.2 Å². The lowest BCUT2D eigenvalue weighted by molar-refractivity contribution is -0.122. The Balaban J connectivity index is 1.16. The predicted octanol–water partition coefficient (Wildman–Crippen LogP) is 9.88. The molecule has 3 heterocycles. The van der Waals surface area contributed by atoms with E-state index in [4.69, 9.17) is 27.9 Å². The largest absolute Gasteiger partial charge is 0.488 e. The van der Waals surface area contributed by atoms with E-state index in [0.717, 1.165) is 47.5 Å². The Labute approximate surface area is 319 Å². The summed E-state index contributed by atoms with van der Waals surface area (Å²) in [6.45, 7) is 2.04. The molecule has 0 aliphatic carbocycles. The topological polar surface area (TPSA) is 79.0 Å². The van der Waals surface area contributed by atoms with Gasteiger partial charge in [0.2, 0.25) is 0 Å². The Hall–Kier alpha value is -4.89. The Bertz CT molecular complexity index is 2190. The van der Waals surface area contributed by atoms with Crippen LogP contribution in [0, 0.1) is 0 Å². The zero-order chi connectivity index (χ0) is 35.9. The number of hydrogen-bond acceptors (Lipinski definition) is 5. The lowest BCUT2D eigenvalue weighted by Gasteiger charge is -2.44. The highest BCUT2D eigenvalue weighted by Gasteiger charge is 2.40. The smallest absolute Gasteiger partial charge is 0.335 e. The number of nitrogens with zero attached hydrogens (tertiary/aromatic N) is 2. The van der Waals surface area contributed by atoms with Gasteiger partial charge in [-0.05, 0) is 99.1 Å². The Morgan fingerprint density at radius 2 is 1.42 bits per heavy atom. The monoisotopic (exact) mass is 791 g/mol. The SMILES string of the molecule is O=C1NC(=O)N(c2cc3c4c(c2)[C@H](c2ccccc2)CCN4CC[C@@H]3c2ccccc2)C(=O)/C1=C/c1ccc(OCc2ccc(Cl)cc2Cl)c(Br)c1. The van der Waals surface area contributed by atoms with Crippen LogP contribution in [-0.4, -0.2) is 30.9 Å². The van der Waals surface area contributed by atoms with Gasteiger partial charge >= 0.3 is 6.03 Å². The maximum absolute atomic E-state index is 14.3. The van der Waals surface area contributed by atoms with E-state index in [1.165, 1.54) is 22.9 Å². The van der Waals surface area contributed by atoms with E-state index in [1.54, 1.807) is 36.4 Å². The molecule has 5 aromatic rings. The molecule has 0 unspecified atom stereocenters. The van der Waals surface area contributed by atoms with E-state index in [9.17, 15) is 14.4 Å². The molecule has 10 heteroatoms. The molecule has 7 nitrogen and oxygen atoms in total. The van der Waals surface area contributed by atoms with Crippen molar-refractivity contribution in [2.75, 3.05) is 22.9 Å². The Morgan fingerprint density at radius 1 is 0.788 bits per heavy atom. The maximum atomic E-state index is 14.3. The fourth-order valence-corrected chi connectivity index (χ4v) is 8.52. The van der Waals surface area contributed by atoms with Gasteiger partial charge in [0.15, 0.2) is 0 Å². The van der Waals surface area contributed by atoms with Gasteiger partial charge in [-0.15, -0.1) is 0 Å². The molecular weight excluding hydrogens is 761 g/mol. The third-order valence-electron chi connectivity index (χ3n) is 10.0. The van der Waals surface area contributed by atoms with Crippen LogP contribution in [0.1, 0.15) is 58.1 Å². The van der Waals surface area contributed by atoms with Crippen LogP contribution >= 0.6 is 39.1 Å². The maximum Gasteiger partial charge on any atom is 0.335 e. The number of nitrogens with one attached hydrogen (secondary N) is 1. The minimum absolute atomic E-state index is 0.0778. The highest BCUT2D eigenvalue weighted by molar-refractivity contribution is 9.10. The molecule has 1 saturated heterocycles. The molecule has 0 aromatic heterocycles. The van der Waals surface area contributed by atoms with Crippen molar-refractivity contribution in [3.63, 3.8) is 0 Å². The summed E-state index contributed by atoms with van der Waals surface area (Å²) in [5.41, 5.74) is 7.32. The van der Waals surface area contributed by atoms with Crippen molar-refractivity contribution in [3.05, 3.63) is 163 Å². The normalized spacial score (nSPS) is 19.1. The molecule has 1 fully saturated rings. The highest BCUT2D eigenvalue weighted by Crippen LogP contribution is 2.50. The average molecular weight is 794 g/mol. The first kappa shape index (κ1) is 34.2. The second-order valence-corrected chi connectivity index (χ2v) is 14.8. The summed E-state index contributed by atoms with van der Waals surface area (Å²) < 4.78 is 6.59. The van der Waals surface area contributed by atoms with Crippen molar-refractivity contribution in [1.29, 1.82) is 0 Å². The summed E-state index contributed by atoms with van der Waals surface area (Å²) in [5.74, 6) is -0.744. The van der Waals surface area contributed by atoms with Gasteiger partial charge in [-0.2, -0.15) is 0 Å². The van der Waals surface area contributed by atoms with E-state index in [2.05, 4.69) is 50.4 Å². The van der Waals surface area contributed by atoms with Crippen LogP contribution < -0.4 is 19.9 Å². The molecule has 0 radical (unpaired) electrons. The summed E-state index contributed by atoms with van der Waals surface area (Å²) in [6.07, 6.45) is 3.30. The fraction of sp³-hybridized carbons (Fsp3) is 0.167. The number of ether oxygens (including phenoxy) is 1. The third-order valence-corrected chi connectivity index (χ3v) is 11.2. The first-order valence-corrected chi connectivity index (χ1v) is 18.6. The van der Waals surface area contributed by atoms with Crippen LogP contribution in [0.15, 0.2) is 119 Å². The number of benzene rings is 5. The van der Waals surface area contributed by atoms with Crippen LogP contribution in [0.5, 0.6) is 5.75 Å². The number of anilines is 2. The Morgan fingerprint density at radius 3 is 2.02 bits per heavy atom.